The van der Waals surface area contributed by atoms with Crippen molar-refractivity contribution in [1.29, 1.82) is 0 Å². The number of unbranched alkanes of at least 4 members (excludes halogenated alkanes) is 8. The molecule has 0 spiro atoms. The van der Waals surface area contributed by atoms with E-state index in [0.29, 0.717) is 11.5 Å². The molecule has 0 amide bonds. The molecular formula is C25H38O4S2. The van der Waals surface area contributed by atoms with Gasteiger partial charge in [0.15, 0.2) is 0 Å². The van der Waals surface area contributed by atoms with Crippen LogP contribution in [-0.2, 0) is 9.59 Å². The average molecular weight is 467 g/mol. The van der Waals surface area contributed by atoms with Crippen molar-refractivity contribution in [1.82, 2.24) is 0 Å². The van der Waals surface area contributed by atoms with Crippen LogP contribution in [0.5, 0.6) is 0 Å². The summed E-state index contributed by atoms with van der Waals surface area (Å²) < 4.78 is 0.0303. The Balaban J connectivity index is 2.57. The van der Waals surface area contributed by atoms with Crippen LogP contribution in [0.4, 0.5) is 0 Å². The quantitative estimate of drug-likeness (QED) is 0.161. The molecule has 1 aromatic carbocycles. The first-order chi connectivity index (χ1) is 15.0. The van der Waals surface area contributed by atoms with E-state index in [1.54, 1.807) is 23.5 Å². The Hall–Kier alpha value is -1.40. The van der Waals surface area contributed by atoms with E-state index in [-0.39, 0.29) is 17.4 Å². The highest BCUT2D eigenvalue weighted by molar-refractivity contribution is 8.16. The molecule has 0 saturated heterocycles. The highest BCUT2D eigenvalue weighted by atomic mass is 32.2. The van der Waals surface area contributed by atoms with Gasteiger partial charge >= 0.3 is 11.9 Å². The van der Waals surface area contributed by atoms with Gasteiger partial charge in [-0.05, 0) is 24.0 Å². The van der Waals surface area contributed by atoms with E-state index < -0.39 is 11.9 Å². The summed E-state index contributed by atoms with van der Waals surface area (Å²) in [6.45, 7) is 2.25. The Morgan fingerprint density at radius 2 is 1.42 bits per heavy atom. The van der Waals surface area contributed by atoms with Crippen LogP contribution in [0.2, 0.25) is 0 Å². The van der Waals surface area contributed by atoms with Crippen LogP contribution in [0.3, 0.4) is 0 Å². The third-order valence-corrected chi connectivity index (χ3v) is 7.75. The van der Waals surface area contributed by atoms with Gasteiger partial charge in [-0.25, -0.2) is 0 Å². The van der Waals surface area contributed by atoms with E-state index in [1.165, 1.54) is 51.4 Å². The van der Waals surface area contributed by atoms with Crippen molar-refractivity contribution < 1.29 is 19.8 Å². The van der Waals surface area contributed by atoms with Crippen molar-refractivity contribution in [2.24, 2.45) is 0 Å². The number of rotatable bonds is 19. The molecule has 0 aliphatic rings. The van der Waals surface area contributed by atoms with Crippen LogP contribution >= 0.6 is 23.5 Å². The number of aliphatic carboxylic acids is 2. The standard InChI is InChI=1S/C25H38O4S2/c1-2-3-4-5-6-7-8-9-10-11-14-21-15-12-13-16-22(21)25(30-19-17-23(26)27)31-20-18-24(28)29/h11-16,25H,2-10,17-20H2,1H3,(H,26,27)(H,28,29)/b14-11-. The summed E-state index contributed by atoms with van der Waals surface area (Å²) in [5.74, 6) is -0.590. The van der Waals surface area contributed by atoms with Crippen LogP contribution in [0.1, 0.15) is 93.3 Å². The van der Waals surface area contributed by atoms with Crippen LogP contribution in [0, 0.1) is 0 Å². The molecule has 4 nitrogen and oxygen atoms in total. The molecule has 0 unspecified atom stereocenters. The van der Waals surface area contributed by atoms with Crippen LogP contribution in [0.15, 0.2) is 30.3 Å². The summed E-state index contributed by atoms with van der Waals surface area (Å²) in [6, 6.07) is 8.17. The second-order valence-corrected chi connectivity index (χ2v) is 10.4. The molecule has 174 valence electrons. The zero-order valence-electron chi connectivity index (χ0n) is 18.8. The molecule has 0 aromatic heterocycles. The van der Waals surface area contributed by atoms with Gasteiger partial charge in [-0.3, -0.25) is 9.59 Å². The van der Waals surface area contributed by atoms with E-state index in [1.807, 2.05) is 12.1 Å². The largest absolute Gasteiger partial charge is 0.481 e. The molecule has 0 aliphatic carbocycles. The van der Waals surface area contributed by atoms with Gasteiger partial charge in [0.05, 0.1) is 17.4 Å². The number of benzene rings is 1. The highest BCUT2D eigenvalue weighted by Crippen LogP contribution is 2.41. The predicted octanol–water partition coefficient (Wildman–Crippen LogP) is 7.65. The molecule has 0 atom stereocenters. The van der Waals surface area contributed by atoms with Crippen molar-refractivity contribution in [3.05, 3.63) is 41.5 Å². The number of thioether (sulfide) groups is 2. The minimum absolute atomic E-state index is 0.0303. The van der Waals surface area contributed by atoms with Crippen LogP contribution in [0.25, 0.3) is 6.08 Å². The molecule has 0 aliphatic heterocycles. The maximum atomic E-state index is 10.9. The van der Waals surface area contributed by atoms with Crippen LogP contribution < -0.4 is 0 Å². The molecule has 0 radical (unpaired) electrons. The fraction of sp³-hybridized carbons (Fsp3) is 0.600. The molecule has 31 heavy (non-hydrogen) atoms. The fourth-order valence-corrected chi connectivity index (χ4v) is 5.98. The van der Waals surface area contributed by atoms with Gasteiger partial charge in [-0.1, -0.05) is 88.3 Å². The van der Waals surface area contributed by atoms with Crippen molar-refractivity contribution in [3.63, 3.8) is 0 Å². The number of carbonyl (C=O) groups is 2. The Morgan fingerprint density at radius 3 is 2.00 bits per heavy atom. The Labute approximate surface area is 196 Å². The smallest absolute Gasteiger partial charge is 0.304 e. The molecule has 1 aromatic rings. The number of hydrogen-bond donors (Lipinski definition) is 2. The van der Waals surface area contributed by atoms with Gasteiger partial charge in [-0.2, -0.15) is 0 Å². The minimum atomic E-state index is -0.805. The van der Waals surface area contributed by atoms with Crippen LogP contribution in [-0.4, -0.2) is 33.7 Å². The summed E-state index contributed by atoms with van der Waals surface area (Å²) in [5, 5.41) is 17.9. The maximum absolute atomic E-state index is 10.9. The normalized spacial score (nSPS) is 11.4. The lowest BCUT2D eigenvalue weighted by molar-refractivity contribution is -0.137. The Morgan fingerprint density at radius 1 is 0.871 bits per heavy atom. The average Bonchev–Trinajstić information content (AvgIpc) is 2.74. The fourth-order valence-electron chi connectivity index (χ4n) is 3.22. The molecule has 6 heteroatoms. The highest BCUT2D eigenvalue weighted by Gasteiger charge is 2.16. The van der Waals surface area contributed by atoms with Crippen molar-refractivity contribution in [3.8, 4) is 0 Å². The molecule has 2 N–H and O–H groups in total. The monoisotopic (exact) mass is 466 g/mol. The summed E-state index contributed by atoms with van der Waals surface area (Å²) >= 11 is 3.16. The predicted molar refractivity (Wildman–Crippen MR) is 135 cm³/mol. The zero-order chi connectivity index (χ0) is 22.7. The van der Waals surface area contributed by atoms with E-state index >= 15 is 0 Å². The first kappa shape index (κ1) is 27.6. The maximum Gasteiger partial charge on any atom is 0.304 e. The zero-order valence-corrected chi connectivity index (χ0v) is 20.4. The van der Waals surface area contributed by atoms with E-state index in [0.717, 1.165) is 17.5 Å². The number of allylic oxidation sites excluding steroid dienone is 1. The Bertz CT molecular complexity index is 641. The van der Waals surface area contributed by atoms with Crippen molar-refractivity contribution in [2.75, 3.05) is 11.5 Å². The first-order valence-corrected chi connectivity index (χ1v) is 13.6. The second-order valence-electron chi connectivity index (χ2n) is 7.66. The van der Waals surface area contributed by atoms with Gasteiger partial charge in [0.1, 0.15) is 0 Å². The third kappa shape index (κ3) is 14.3. The van der Waals surface area contributed by atoms with E-state index in [2.05, 4.69) is 31.2 Å². The summed E-state index contributed by atoms with van der Waals surface area (Å²) in [7, 11) is 0. The Kier molecular flexibility index (Phi) is 16.2. The summed E-state index contributed by atoms with van der Waals surface area (Å²) in [6.07, 6.45) is 16.2. The lowest BCUT2D eigenvalue weighted by Crippen LogP contribution is -2.02. The number of carboxylic acid groups (broad SMARTS) is 2. The third-order valence-electron chi connectivity index (χ3n) is 4.94. The number of hydrogen-bond acceptors (Lipinski definition) is 4. The summed E-state index contributed by atoms with van der Waals surface area (Å²) in [4.78, 5) is 21.8. The van der Waals surface area contributed by atoms with Gasteiger partial charge < -0.3 is 10.2 Å². The van der Waals surface area contributed by atoms with Gasteiger partial charge in [-0.15, -0.1) is 23.5 Å². The van der Waals surface area contributed by atoms with Gasteiger partial charge in [0.25, 0.3) is 0 Å². The molecule has 0 saturated carbocycles. The van der Waals surface area contributed by atoms with Crippen molar-refractivity contribution in [2.45, 2.75) is 82.1 Å². The molecule has 0 fully saturated rings. The molecule has 0 bridgehead atoms. The minimum Gasteiger partial charge on any atom is -0.481 e. The molecular weight excluding hydrogens is 428 g/mol. The second kappa shape index (κ2) is 18.2. The lowest BCUT2D eigenvalue weighted by Gasteiger charge is -2.18. The SMILES string of the molecule is CCCCCCCCCC/C=C\c1ccccc1C(SCCC(=O)O)SCCC(=O)O. The number of carboxylic acids is 2. The topological polar surface area (TPSA) is 74.6 Å². The van der Waals surface area contributed by atoms with Gasteiger partial charge in [0, 0.05) is 11.5 Å². The first-order valence-electron chi connectivity index (χ1n) is 11.5. The van der Waals surface area contributed by atoms with E-state index in [4.69, 9.17) is 10.2 Å². The molecule has 1 rings (SSSR count). The van der Waals surface area contributed by atoms with Crippen molar-refractivity contribution >= 4 is 41.5 Å². The molecule has 0 heterocycles. The van der Waals surface area contributed by atoms with Gasteiger partial charge in [0.2, 0.25) is 0 Å². The summed E-state index contributed by atoms with van der Waals surface area (Å²) in [5.41, 5.74) is 2.28. The lowest BCUT2D eigenvalue weighted by atomic mass is 10.1. The van der Waals surface area contributed by atoms with E-state index in [9.17, 15) is 9.59 Å².